The van der Waals surface area contributed by atoms with E-state index < -0.39 is 0 Å². The molecule has 0 saturated heterocycles. The number of anilines is 9. The van der Waals surface area contributed by atoms with Gasteiger partial charge in [-0.2, -0.15) is 0 Å². The van der Waals surface area contributed by atoms with Gasteiger partial charge in [-0.05, 0) is 204 Å². The summed E-state index contributed by atoms with van der Waals surface area (Å²) in [5.41, 5.74) is 17.8. The molecule has 10 aromatic carbocycles. The van der Waals surface area contributed by atoms with Crippen LogP contribution in [0.1, 0.15) is 57.7 Å². The largest absolute Gasteiger partial charge is 0.469 e. The second-order valence-electron chi connectivity index (χ2n) is 21.0. The summed E-state index contributed by atoms with van der Waals surface area (Å²) in [6.45, 7) is 4.56. The Kier molecular flexibility index (Phi) is 16.3. The van der Waals surface area contributed by atoms with Crippen molar-refractivity contribution in [3.8, 4) is 9.75 Å². The summed E-state index contributed by atoms with van der Waals surface area (Å²) in [5, 5.41) is 2.47. The lowest BCUT2D eigenvalue weighted by Crippen LogP contribution is -2.12. The molecule has 2 heterocycles. The van der Waals surface area contributed by atoms with E-state index in [1.807, 2.05) is 34.8 Å². The fourth-order valence-corrected chi connectivity index (χ4v) is 14.0. The normalized spacial score (nSPS) is 11.6. The van der Waals surface area contributed by atoms with Gasteiger partial charge in [0, 0.05) is 89.1 Å². The number of fused-ring (bicyclic) bond motifs is 2. The number of nitrogens with zero attached hydrogens (tertiary/aromatic N) is 3. The number of hydrogen-bond acceptors (Lipinski definition) is 9. The van der Waals surface area contributed by atoms with Gasteiger partial charge in [-0.25, -0.2) is 0 Å². The van der Waals surface area contributed by atoms with Crippen LogP contribution in [0, 0.1) is 13.8 Å². The molecule has 414 valence electrons. The smallest absolute Gasteiger partial charge is 0.305 e. The number of methoxy groups -OCH3 is 2. The molecule has 0 saturated carbocycles. The first-order valence-corrected chi connectivity index (χ1v) is 30.0. The molecule has 0 aliphatic rings. The molecule has 0 amide bonds. The minimum Gasteiger partial charge on any atom is -0.469 e. The van der Waals surface area contributed by atoms with Crippen LogP contribution in [0.4, 0.5) is 51.2 Å². The van der Waals surface area contributed by atoms with E-state index in [0.717, 1.165) is 62.3 Å². The molecular formula is C75H63N3O4S2. The SMILES string of the molecule is COC(=O)CCc1ccc(C(c2ccc(N(c3ccccc3)c3ccccc3)cc2)c2ccc3sc(-c4sc5ccc(N(c6ccc(CCC(=O)OC)cc6)c6ccc(N(c7ccccc7)c7ccccc7)cc6)cc5c4C)c(C)c3c2)cc1. The van der Waals surface area contributed by atoms with Crippen molar-refractivity contribution in [2.24, 2.45) is 0 Å². The van der Waals surface area contributed by atoms with Crippen molar-refractivity contribution in [1.82, 2.24) is 0 Å². The summed E-state index contributed by atoms with van der Waals surface area (Å²) in [7, 11) is 2.88. The number of ether oxygens (including phenoxy) is 2. The summed E-state index contributed by atoms with van der Waals surface area (Å²) in [5.74, 6) is -0.487. The van der Waals surface area contributed by atoms with Crippen LogP contribution in [0.15, 0.2) is 255 Å². The van der Waals surface area contributed by atoms with Crippen LogP contribution in [0.3, 0.4) is 0 Å². The third-order valence-corrected chi connectivity index (χ3v) is 18.5. The lowest BCUT2D eigenvalue weighted by Gasteiger charge is -2.28. The molecule has 84 heavy (non-hydrogen) atoms. The van der Waals surface area contributed by atoms with Crippen LogP contribution < -0.4 is 14.7 Å². The molecule has 9 heteroatoms. The van der Waals surface area contributed by atoms with Gasteiger partial charge in [0.1, 0.15) is 0 Å². The van der Waals surface area contributed by atoms with Crippen LogP contribution in [0.5, 0.6) is 0 Å². The minimum atomic E-state index is -0.217. The standard InChI is InChI=1S/C75H63N3O4S2/c1-51-67-49-57(73(55-31-25-53(26-32-55)29-47-71(79)81-3)56-33-38-63(39-34-56)76(58-17-9-5-10-18-58)59-19-11-6-12-20-59)35-45-69(67)83-74(51)75-52(2)68-50-66(44-46-70(68)84-75)78(62-36-27-54(28-37-62)30-48-72(80)82-4)65-42-40-64(41-43-65)77(60-21-13-7-14-22-60)61-23-15-8-16-24-61/h5-28,31-46,49-50,73H,29-30,47-48H2,1-4H3. The zero-order valence-corrected chi connectivity index (χ0v) is 49.1. The molecule has 2 aromatic heterocycles. The van der Waals surface area contributed by atoms with Crippen molar-refractivity contribution in [3.63, 3.8) is 0 Å². The Bertz CT molecular complexity index is 3850. The second-order valence-corrected chi connectivity index (χ2v) is 23.1. The number of benzene rings is 10. The first kappa shape index (κ1) is 55.0. The van der Waals surface area contributed by atoms with E-state index in [2.05, 4.69) is 271 Å². The monoisotopic (exact) mass is 1130 g/mol. The third-order valence-electron chi connectivity index (χ3n) is 15.8. The maximum Gasteiger partial charge on any atom is 0.305 e. The average Bonchev–Trinajstić information content (AvgIpc) is 2.80. The molecule has 0 bridgehead atoms. The van der Waals surface area contributed by atoms with Crippen molar-refractivity contribution >= 4 is 106 Å². The first-order valence-electron chi connectivity index (χ1n) is 28.4. The van der Waals surface area contributed by atoms with Gasteiger partial charge in [0.15, 0.2) is 0 Å². The molecule has 0 aliphatic heterocycles. The fourth-order valence-electron chi connectivity index (χ4n) is 11.4. The topological polar surface area (TPSA) is 62.3 Å². The van der Waals surface area contributed by atoms with Crippen molar-refractivity contribution < 1.29 is 19.1 Å². The highest BCUT2D eigenvalue weighted by Gasteiger charge is 2.24. The number of carbonyl (C=O) groups is 2. The van der Waals surface area contributed by atoms with Gasteiger partial charge in [-0.3, -0.25) is 9.59 Å². The minimum absolute atomic E-state index is 0.0610. The van der Waals surface area contributed by atoms with Gasteiger partial charge in [0.05, 0.1) is 14.2 Å². The highest BCUT2D eigenvalue weighted by atomic mass is 32.1. The second kappa shape index (κ2) is 24.9. The lowest BCUT2D eigenvalue weighted by atomic mass is 9.84. The Morgan fingerprint density at radius 1 is 0.357 bits per heavy atom. The van der Waals surface area contributed by atoms with E-state index in [0.29, 0.717) is 25.7 Å². The van der Waals surface area contributed by atoms with Crippen LogP contribution in [-0.4, -0.2) is 26.2 Å². The number of rotatable bonds is 19. The van der Waals surface area contributed by atoms with Gasteiger partial charge >= 0.3 is 11.9 Å². The molecule has 12 aromatic rings. The number of hydrogen-bond donors (Lipinski definition) is 0. The molecular weight excluding hydrogens is 1070 g/mol. The number of aryl methyl sites for hydroxylation is 4. The summed E-state index contributed by atoms with van der Waals surface area (Å²) < 4.78 is 12.4. The lowest BCUT2D eigenvalue weighted by molar-refractivity contribution is -0.141. The highest BCUT2D eigenvalue weighted by molar-refractivity contribution is 7.28. The third kappa shape index (κ3) is 11.6. The van der Waals surface area contributed by atoms with E-state index in [1.165, 1.54) is 72.0 Å². The maximum absolute atomic E-state index is 12.1. The number of thiophene rings is 2. The van der Waals surface area contributed by atoms with Crippen molar-refractivity contribution in [3.05, 3.63) is 294 Å². The predicted molar refractivity (Wildman–Crippen MR) is 351 cm³/mol. The Hall–Kier alpha value is -9.54. The number of para-hydroxylation sites is 4. The van der Waals surface area contributed by atoms with Crippen molar-refractivity contribution in [2.45, 2.75) is 45.4 Å². The molecule has 7 nitrogen and oxygen atoms in total. The predicted octanol–water partition coefficient (Wildman–Crippen LogP) is 20.2. The summed E-state index contributed by atoms with van der Waals surface area (Å²) in [6, 6.07) is 91.0. The molecule has 0 N–H and O–H groups in total. The van der Waals surface area contributed by atoms with E-state index in [-0.39, 0.29) is 17.9 Å². The molecule has 0 aliphatic carbocycles. The average molecular weight is 1130 g/mol. The summed E-state index contributed by atoms with van der Waals surface area (Å²) >= 11 is 3.73. The van der Waals surface area contributed by atoms with Gasteiger partial charge in [0.2, 0.25) is 0 Å². The van der Waals surface area contributed by atoms with Crippen LogP contribution in [0.2, 0.25) is 0 Å². The molecule has 0 spiro atoms. The first-order chi connectivity index (χ1) is 41.2. The van der Waals surface area contributed by atoms with Crippen LogP contribution in [0.25, 0.3) is 29.9 Å². The van der Waals surface area contributed by atoms with Crippen LogP contribution in [-0.2, 0) is 31.9 Å². The maximum atomic E-state index is 12.1. The summed E-state index contributed by atoms with van der Waals surface area (Å²) in [6.07, 6.45) is 1.89. The fraction of sp³-hybridized carbons (Fsp3) is 0.120. The van der Waals surface area contributed by atoms with Gasteiger partial charge in [-0.1, -0.05) is 127 Å². The number of esters is 2. The zero-order valence-electron chi connectivity index (χ0n) is 47.4. The van der Waals surface area contributed by atoms with Gasteiger partial charge < -0.3 is 24.2 Å². The number of carbonyl (C=O) groups excluding carboxylic acids is 2. The molecule has 1 atom stereocenters. The zero-order chi connectivity index (χ0) is 57.5. The Balaban J connectivity index is 0.902. The van der Waals surface area contributed by atoms with Crippen molar-refractivity contribution in [1.29, 1.82) is 0 Å². The molecule has 12 rings (SSSR count). The van der Waals surface area contributed by atoms with Gasteiger partial charge in [-0.15, -0.1) is 22.7 Å². The van der Waals surface area contributed by atoms with Gasteiger partial charge in [0.25, 0.3) is 0 Å². The molecule has 0 fully saturated rings. The van der Waals surface area contributed by atoms with E-state index in [9.17, 15) is 9.59 Å². The molecule has 1 unspecified atom stereocenters. The highest BCUT2D eigenvalue weighted by Crippen LogP contribution is 2.49. The van der Waals surface area contributed by atoms with E-state index in [1.54, 1.807) is 0 Å². The Morgan fingerprint density at radius 3 is 1.06 bits per heavy atom. The molecule has 0 radical (unpaired) electrons. The van der Waals surface area contributed by atoms with Crippen LogP contribution >= 0.6 is 22.7 Å². The Labute approximate surface area is 499 Å². The Morgan fingerprint density at radius 2 is 0.655 bits per heavy atom. The van der Waals surface area contributed by atoms with E-state index >= 15 is 0 Å². The van der Waals surface area contributed by atoms with Crippen molar-refractivity contribution in [2.75, 3.05) is 28.9 Å². The van der Waals surface area contributed by atoms with E-state index in [4.69, 9.17) is 9.47 Å². The quantitative estimate of drug-likeness (QED) is 0.0590. The summed E-state index contributed by atoms with van der Waals surface area (Å²) in [4.78, 5) is 33.7.